The summed E-state index contributed by atoms with van der Waals surface area (Å²) < 4.78 is 0. The Bertz CT molecular complexity index is 885. The number of hydrogen-bond acceptors (Lipinski definition) is 4. The Balaban J connectivity index is 1.84. The minimum Gasteiger partial charge on any atom is -0.327 e. The van der Waals surface area contributed by atoms with E-state index in [9.17, 15) is 9.59 Å². The largest absolute Gasteiger partial charge is 0.327 e. The molecule has 3 aromatic rings. The quantitative estimate of drug-likeness (QED) is 0.759. The maximum absolute atomic E-state index is 13.1. The Kier molecular flexibility index (Phi) is 5.09. The first kappa shape index (κ1) is 17.1. The van der Waals surface area contributed by atoms with Gasteiger partial charge in [-0.1, -0.05) is 36.4 Å². The molecule has 0 aliphatic rings. The molecule has 0 aliphatic carbocycles. The standard InChI is InChI=1S/C19H19N3O2S/c1-13(2)22(12-17(23)21-19-20-10-11-25-19)18(24)16-9-5-7-14-6-3-4-8-15(14)16/h3-11,13H,12H2,1-2H3,(H,20,21,23). The molecule has 0 atom stereocenters. The van der Waals surface area contributed by atoms with E-state index in [0.29, 0.717) is 10.7 Å². The van der Waals surface area contributed by atoms with Crippen LogP contribution < -0.4 is 5.32 Å². The summed E-state index contributed by atoms with van der Waals surface area (Å²) in [5.74, 6) is -0.404. The molecule has 1 N–H and O–H groups in total. The number of nitrogens with one attached hydrogen (secondary N) is 1. The van der Waals surface area contributed by atoms with E-state index in [1.165, 1.54) is 11.3 Å². The smallest absolute Gasteiger partial charge is 0.255 e. The van der Waals surface area contributed by atoms with Gasteiger partial charge < -0.3 is 10.2 Å². The highest BCUT2D eigenvalue weighted by Gasteiger charge is 2.23. The van der Waals surface area contributed by atoms with Gasteiger partial charge in [0.1, 0.15) is 6.54 Å². The topological polar surface area (TPSA) is 62.3 Å². The van der Waals surface area contributed by atoms with E-state index < -0.39 is 0 Å². The average molecular weight is 353 g/mol. The third kappa shape index (κ3) is 3.85. The lowest BCUT2D eigenvalue weighted by Crippen LogP contribution is -2.42. The zero-order valence-corrected chi connectivity index (χ0v) is 14.9. The van der Waals surface area contributed by atoms with E-state index >= 15 is 0 Å². The second kappa shape index (κ2) is 7.44. The fourth-order valence-electron chi connectivity index (χ4n) is 2.65. The lowest BCUT2D eigenvalue weighted by atomic mass is 10.0. The highest BCUT2D eigenvalue weighted by molar-refractivity contribution is 7.13. The lowest BCUT2D eigenvalue weighted by molar-refractivity contribution is -0.117. The third-order valence-electron chi connectivity index (χ3n) is 3.90. The second-order valence-electron chi connectivity index (χ2n) is 5.94. The van der Waals surface area contributed by atoms with Gasteiger partial charge in [-0.3, -0.25) is 9.59 Å². The molecule has 1 heterocycles. The summed E-state index contributed by atoms with van der Waals surface area (Å²) in [6.07, 6.45) is 1.63. The summed E-state index contributed by atoms with van der Waals surface area (Å²) in [7, 11) is 0. The van der Waals surface area contributed by atoms with E-state index in [-0.39, 0.29) is 24.4 Å². The van der Waals surface area contributed by atoms with Gasteiger partial charge in [0, 0.05) is 23.2 Å². The molecule has 0 unspecified atom stereocenters. The lowest BCUT2D eigenvalue weighted by Gasteiger charge is -2.26. The van der Waals surface area contributed by atoms with Crippen LogP contribution in [0.2, 0.25) is 0 Å². The van der Waals surface area contributed by atoms with Crippen LogP contribution in [0.25, 0.3) is 10.8 Å². The van der Waals surface area contributed by atoms with Crippen molar-refractivity contribution in [1.29, 1.82) is 0 Å². The van der Waals surface area contributed by atoms with E-state index in [1.54, 1.807) is 22.5 Å². The van der Waals surface area contributed by atoms with Crippen molar-refractivity contribution in [3.63, 3.8) is 0 Å². The zero-order valence-electron chi connectivity index (χ0n) is 14.1. The number of aromatic nitrogens is 1. The summed E-state index contributed by atoms with van der Waals surface area (Å²) >= 11 is 1.35. The summed E-state index contributed by atoms with van der Waals surface area (Å²) in [6, 6.07) is 13.3. The first-order valence-electron chi connectivity index (χ1n) is 8.04. The molecule has 1 aromatic heterocycles. The monoisotopic (exact) mass is 353 g/mol. The van der Waals surface area contributed by atoms with Gasteiger partial charge in [0.25, 0.3) is 5.91 Å². The van der Waals surface area contributed by atoms with Crippen LogP contribution in [-0.4, -0.2) is 34.3 Å². The number of carbonyl (C=O) groups is 2. The molecule has 0 aliphatic heterocycles. The van der Waals surface area contributed by atoms with Gasteiger partial charge in [-0.2, -0.15) is 0 Å². The number of carbonyl (C=O) groups excluding carboxylic acids is 2. The summed E-state index contributed by atoms with van der Waals surface area (Å²) in [4.78, 5) is 31.0. The maximum atomic E-state index is 13.1. The highest BCUT2D eigenvalue weighted by atomic mass is 32.1. The van der Waals surface area contributed by atoms with Gasteiger partial charge in [-0.15, -0.1) is 11.3 Å². The van der Waals surface area contributed by atoms with Gasteiger partial charge in [-0.05, 0) is 30.7 Å². The minimum absolute atomic E-state index is 0.0146. The number of anilines is 1. The van der Waals surface area contributed by atoms with Crippen LogP contribution in [0, 0.1) is 0 Å². The molecule has 6 heteroatoms. The molecule has 0 saturated carbocycles. The Morgan fingerprint density at radius 3 is 2.64 bits per heavy atom. The Morgan fingerprint density at radius 1 is 1.16 bits per heavy atom. The van der Waals surface area contributed by atoms with Crippen molar-refractivity contribution < 1.29 is 9.59 Å². The molecular weight excluding hydrogens is 334 g/mol. The molecule has 0 spiro atoms. The van der Waals surface area contributed by atoms with Crippen molar-refractivity contribution in [3.8, 4) is 0 Å². The van der Waals surface area contributed by atoms with Gasteiger partial charge in [0.05, 0.1) is 0 Å². The van der Waals surface area contributed by atoms with Crippen LogP contribution in [-0.2, 0) is 4.79 Å². The van der Waals surface area contributed by atoms with Gasteiger partial charge in [-0.25, -0.2) is 4.98 Å². The Morgan fingerprint density at radius 2 is 1.92 bits per heavy atom. The summed E-state index contributed by atoms with van der Waals surface area (Å²) in [5.41, 5.74) is 0.605. The predicted molar refractivity (Wildman–Crippen MR) is 101 cm³/mol. The molecule has 2 aromatic carbocycles. The molecule has 25 heavy (non-hydrogen) atoms. The van der Waals surface area contributed by atoms with Gasteiger partial charge in [0.2, 0.25) is 5.91 Å². The number of nitrogens with zero attached hydrogens (tertiary/aromatic N) is 2. The van der Waals surface area contributed by atoms with Crippen LogP contribution >= 0.6 is 11.3 Å². The molecule has 128 valence electrons. The maximum Gasteiger partial charge on any atom is 0.255 e. The molecule has 0 fully saturated rings. The number of rotatable bonds is 5. The summed E-state index contributed by atoms with van der Waals surface area (Å²) in [5, 5.41) is 6.94. The van der Waals surface area contributed by atoms with Gasteiger partial charge >= 0.3 is 0 Å². The number of benzene rings is 2. The number of fused-ring (bicyclic) bond motifs is 1. The Hall–Kier alpha value is -2.73. The zero-order chi connectivity index (χ0) is 17.8. The molecule has 0 radical (unpaired) electrons. The fraction of sp³-hybridized carbons (Fsp3) is 0.211. The van der Waals surface area contributed by atoms with Gasteiger partial charge in [0.15, 0.2) is 5.13 Å². The Labute approximate surface area is 150 Å². The van der Waals surface area contributed by atoms with Crippen molar-refractivity contribution in [2.45, 2.75) is 19.9 Å². The van der Waals surface area contributed by atoms with E-state index in [0.717, 1.165) is 10.8 Å². The number of thiazole rings is 1. The molecule has 5 nitrogen and oxygen atoms in total. The van der Waals surface area contributed by atoms with Crippen molar-refractivity contribution >= 4 is 39.1 Å². The van der Waals surface area contributed by atoms with Crippen molar-refractivity contribution in [1.82, 2.24) is 9.88 Å². The number of amides is 2. The molecule has 3 rings (SSSR count). The fourth-order valence-corrected chi connectivity index (χ4v) is 3.20. The van der Waals surface area contributed by atoms with Crippen molar-refractivity contribution in [2.24, 2.45) is 0 Å². The van der Waals surface area contributed by atoms with Crippen LogP contribution in [0.3, 0.4) is 0 Å². The summed E-state index contributed by atoms with van der Waals surface area (Å²) in [6.45, 7) is 3.79. The first-order valence-corrected chi connectivity index (χ1v) is 8.92. The predicted octanol–water partition coefficient (Wildman–Crippen LogP) is 3.79. The van der Waals surface area contributed by atoms with Crippen LogP contribution in [0.15, 0.2) is 54.0 Å². The SMILES string of the molecule is CC(C)N(CC(=O)Nc1nccs1)C(=O)c1cccc2ccccc12. The minimum atomic E-state index is -0.253. The van der Waals surface area contributed by atoms with Crippen molar-refractivity contribution in [3.05, 3.63) is 59.6 Å². The molecule has 0 saturated heterocycles. The number of hydrogen-bond donors (Lipinski definition) is 1. The first-order chi connectivity index (χ1) is 12.1. The van der Waals surface area contributed by atoms with Crippen LogP contribution in [0.4, 0.5) is 5.13 Å². The van der Waals surface area contributed by atoms with Crippen LogP contribution in [0.5, 0.6) is 0 Å². The molecular formula is C19H19N3O2S. The molecule has 2 amide bonds. The highest BCUT2D eigenvalue weighted by Crippen LogP contribution is 2.21. The molecule has 0 bridgehead atoms. The van der Waals surface area contributed by atoms with E-state index in [4.69, 9.17) is 0 Å². The average Bonchev–Trinajstić information content (AvgIpc) is 3.11. The van der Waals surface area contributed by atoms with Crippen LogP contribution in [0.1, 0.15) is 24.2 Å². The third-order valence-corrected chi connectivity index (χ3v) is 4.59. The van der Waals surface area contributed by atoms with E-state index in [1.807, 2.05) is 50.2 Å². The van der Waals surface area contributed by atoms with E-state index in [2.05, 4.69) is 10.3 Å². The second-order valence-corrected chi connectivity index (χ2v) is 6.83. The normalized spacial score (nSPS) is 10.8. The van der Waals surface area contributed by atoms with Crippen molar-refractivity contribution in [2.75, 3.05) is 11.9 Å².